The normalized spacial score (nSPS) is 14.5. The summed E-state index contributed by atoms with van der Waals surface area (Å²) in [5.41, 5.74) is 1.93. The molecule has 0 amide bonds. The van der Waals surface area contributed by atoms with Gasteiger partial charge in [0.25, 0.3) is 10.0 Å². The number of benzene rings is 2. The molecule has 1 N–H and O–H groups in total. The molecule has 0 saturated heterocycles. The molecule has 3 rings (SSSR count). The third-order valence-electron chi connectivity index (χ3n) is 3.63. The molecule has 0 fully saturated rings. The van der Waals surface area contributed by atoms with E-state index in [1.807, 2.05) is 0 Å². The Labute approximate surface area is 128 Å². The van der Waals surface area contributed by atoms with E-state index in [2.05, 4.69) is 4.72 Å². The molecule has 1 aliphatic carbocycles. The number of hydrogen-bond acceptors (Lipinski definition) is 3. The summed E-state index contributed by atoms with van der Waals surface area (Å²) in [5.74, 6) is -0.342. The van der Waals surface area contributed by atoms with E-state index in [0.29, 0.717) is 19.3 Å². The van der Waals surface area contributed by atoms with Crippen LogP contribution in [-0.2, 0) is 27.7 Å². The van der Waals surface area contributed by atoms with Crippen molar-refractivity contribution in [1.29, 1.82) is 0 Å². The van der Waals surface area contributed by atoms with Crippen LogP contribution < -0.4 is 4.72 Å². The number of anilines is 1. The van der Waals surface area contributed by atoms with E-state index in [-0.39, 0.29) is 16.4 Å². The van der Waals surface area contributed by atoms with Gasteiger partial charge in [0.15, 0.2) is 0 Å². The molecule has 22 heavy (non-hydrogen) atoms. The summed E-state index contributed by atoms with van der Waals surface area (Å²) >= 11 is 0. The van der Waals surface area contributed by atoms with Gasteiger partial charge in [-0.15, -0.1) is 0 Å². The Morgan fingerprint density at radius 2 is 1.82 bits per heavy atom. The van der Waals surface area contributed by atoms with Crippen LogP contribution in [0.15, 0.2) is 47.4 Å². The van der Waals surface area contributed by atoms with E-state index in [1.165, 1.54) is 24.3 Å². The number of nitrogens with one attached hydrogen (secondary N) is 1. The van der Waals surface area contributed by atoms with Crippen molar-refractivity contribution in [2.75, 3.05) is 4.72 Å². The van der Waals surface area contributed by atoms with Crippen LogP contribution in [0.5, 0.6) is 0 Å². The molecular formula is C16H14FNO3S. The van der Waals surface area contributed by atoms with Gasteiger partial charge in [-0.2, -0.15) is 0 Å². The highest BCUT2D eigenvalue weighted by Crippen LogP contribution is 2.24. The van der Waals surface area contributed by atoms with Crippen LogP contribution in [0, 0.1) is 5.82 Å². The molecule has 114 valence electrons. The summed E-state index contributed by atoms with van der Waals surface area (Å²) < 4.78 is 40.2. The standard InChI is InChI=1S/C16H14FNO3S/c17-13-2-1-3-14(10-13)18-22(20,21)16-7-5-11-8-15(19)6-4-12(11)9-16/h1-3,5,7,9-10,18H,4,6,8H2. The lowest BCUT2D eigenvalue weighted by molar-refractivity contribution is -0.118. The number of hydrogen-bond donors (Lipinski definition) is 1. The Balaban J connectivity index is 1.91. The minimum absolute atomic E-state index is 0.116. The minimum Gasteiger partial charge on any atom is -0.299 e. The fourth-order valence-electron chi connectivity index (χ4n) is 2.52. The number of fused-ring (bicyclic) bond motifs is 1. The number of carbonyl (C=O) groups excluding carboxylic acids is 1. The monoisotopic (exact) mass is 319 g/mol. The summed E-state index contributed by atoms with van der Waals surface area (Å²) in [6.45, 7) is 0. The van der Waals surface area contributed by atoms with Gasteiger partial charge in [-0.05, 0) is 47.9 Å². The summed E-state index contributed by atoms with van der Waals surface area (Å²) in [5, 5.41) is 0. The summed E-state index contributed by atoms with van der Waals surface area (Å²) in [6.07, 6.45) is 1.35. The first-order valence-corrected chi connectivity index (χ1v) is 8.34. The number of carbonyl (C=O) groups is 1. The maximum Gasteiger partial charge on any atom is 0.261 e. The highest BCUT2D eigenvalue weighted by Gasteiger charge is 2.20. The van der Waals surface area contributed by atoms with Gasteiger partial charge in [0, 0.05) is 12.8 Å². The maximum absolute atomic E-state index is 13.1. The van der Waals surface area contributed by atoms with Crippen LogP contribution in [0.3, 0.4) is 0 Å². The second kappa shape index (κ2) is 5.53. The average molecular weight is 319 g/mol. The second-order valence-corrected chi connectivity index (χ2v) is 6.94. The molecule has 0 atom stereocenters. The van der Waals surface area contributed by atoms with Gasteiger partial charge in [0.1, 0.15) is 11.6 Å². The number of ketones is 1. The van der Waals surface area contributed by atoms with E-state index in [9.17, 15) is 17.6 Å². The van der Waals surface area contributed by atoms with Gasteiger partial charge >= 0.3 is 0 Å². The number of sulfonamides is 1. The first kappa shape index (κ1) is 14.7. The molecule has 6 heteroatoms. The Kier molecular flexibility index (Phi) is 3.70. The van der Waals surface area contributed by atoms with Crippen molar-refractivity contribution in [3.05, 3.63) is 59.4 Å². The molecule has 0 heterocycles. The fourth-order valence-corrected chi connectivity index (χ4v) is 3.62. The zero-order chi connectivity index (χ0) is 15.7. The number of Topliss-reactive ketones (excluding diaryl/α,β-unsaturated/α-hetero) is 1. The lowest BCUT2D eigenvalue weighted by atomic mass is 9.91. The molecule has 2 aromatic rings. The van der Waals surface area contributed by atoms with E-state index >= 15 is 0 Å². The molecule has 2 aromatic carbocycles. The van der Waals surface area contributed by atoms with Crippen LogP contribution in [0.2, 0.25) is 0 Å². The van der Waals surface area contributed by atoms with Crippen molar-refractivity contribution in [1.82, 2.24) is 0 Å². The lowest BCUT2D eigenvalue weighted by Gasteiger charge is -2.16. The van der Waals surface area contributed by atoms with Crippen molar-refractivity contribution >= 4 is 21.5 Å². The van der Waals surface area contributed by atoms with Crippen LogP contribution >= 0.6 is 0 Å². The fraction of sp³-hybridized carbons (Fsp3) is 0.188. The van der Waals surface area contributed by atoms with Gasteiger partial charge in [-0.1, -0.05) is 12.1 Å². The van der Waals surface area contributed by atoms with Crippen molar-refractivity contribution in [2.45, 2.75) is 24.2 Å². The number of halogens is 1. The smallest absolute Gasteiger partial charge is 0.261 e. The van der Waals surface area contributed by atoms with Crippen molar-refractivity contribution < 1.29 is 17.6 Å². The van der Waals surface area contributed by atoms with Crippen LogP contribution in [0.25, 0.3) is 0 Å². The predicted octanol–water partition coefficient (Wildman–Crippen LogP) is 2.68. The average Bonchev–Trinajstić information content (AvgIpc) is 2.46. The van der Waals surface area contributed by atoms with Gasteiger partial charge in [0.2, 0.25) is 0 Å². The highest BCUT2D eigenvalue weighted by molar-refractivity contribution is 7.92. The first-order valence-electron chi connectivity index (χ1n) is 6.86. The quantitative estimate of drug-likeness (QED) is 0.946. The Hall–Kier alpha value is -2.21. The van der Waals surface area contributed by atoms with Crippen LogP contribution in [0.1, 0.15) is 17.5 Å². The van der Waals surface area contributed by atoms with E-state index in [0.717, 1.165) is 17.2 Å². The molecule has 0 aliphatic heterocycles. The first-order chi connectivity index (χ1) is 10.4. The molecule has 0 radical (unpaired) electrons. The molecule has 0 saturated carbocycles. The Bertz CT molecular complexity index is 846. The number of rotatable bonds is 3. The molecule has 0 spiro atoms. The third-order valence-corrected chi connectivity index (χ3v) is 5.00. The largest absolute Gasteiger partial charge is 0.299 e. The van der Waals surface area contributed by atoms with Crippen molar-refractivity contribution in [3.63, 3.8) is 0 Å². The van der Waals surface area contributed by atoms with Crippen LogP contribution in [0.4, 0.5) is 10.1 Å². The second-order valence-electron chi connectivity index (χ2n) is 5.26. The van der Waals surface area contributed by atoms with Gasteiger partial charge in [-0.3, -0.25) is 9.52 Å². The SMILES string of the molecule is O=C1CCc2cc(S(=O)(=O)Nc3cccc(F)c3)ccc2C1. The van der Waals surface area contributed by atoms with Crippen molar-refractivity contribution in [3.8, 4) is 0 Å². The molecule has 1 aliphatic rings. The van der Waals surface area contributed by atoms with E-state index in [1.54, 1.807) is 12.1 Å². The Morgan fingerprint density at radius 3 is 2.59 bits per heavy atom. The molecule has 0 bridgehead atoms. The minimum atomic E-state index is -3.78. The lowest BCUT2D eigenvalue weighted by Crippen LogP contribution is -2.17. The predicted molar refractivity (Wildman–Crippen MR) is 80.7 cm³/mol. The Morgan fingerprint density at radius 1 is 1.00 bits per heavy atom. The number of aryl methyl sites for hydroxylation is 1. The summed E-state index contributed by atoms with van der Waals surface area (Å²) in [4.78, 5) is 11.5. The molecule has 0 unspecified atom stereocenters. The van der Waals surface area contributed by atoms with Crippen LogP contribution in [-0.4, -0.2) is 14.2 Å². The molecular weight excluding hydrogens is 305 g/mol. The molecule has 4 nitrogen and oxygen atoms in total. The van der Waals surface area contributed by atoms with Gasteiger partial charge in [0.05, 0.1) is 10.6 Å². The third kappa shape index (κ3) is 3.01. The zero-order valence-electron chi connectivity index (χ0n) is 11.7. The van der Waals surface area contributed by atoms with E-state index in [4.69, 9.17) is 0 Å². The maximum atomic E-state index is 13.1. The molecule has 0 aromatic heterocycles. The summed E-state index contributed by atoms with van der Waals surface area (Å²) in [7, 11) is -3.78. The summed E-state index contributed by atoms with van der Waals surface area (Å²) in [6, 6.07) is 10.0. The zero-order valence-corrected chi connectivity index (χ0v) is 12.5. The van der Waals surface area contributed by atoms with Gasteiger partial charge < -0.3 is 0 Å². The topological polar surface area (TPSA) is 63.2 Å². The van der Waals surface area contributed by atoms with Gasteiger partial charge in [-0.25, -0.2) is 12.8 Å². The van der Waals surface area contributed by atoms with Crippen molar-refractivity contribution in [2.24, 2.45) is 0 Å². The highest BCUT2D eigenvalue weighted by atomic mass is 32.2. The van der Waals surface area contributed by atoms with E-state index < -0.39 is 15.8 Å².